The monoisotopic (exact) mass is 568 g/mol. The number of anilines is 1. The van der Waals surface area contributed by atoms with E-state index in [0.717, 1.165) is 36.3 Å². The van der Waals surface area contributed by atoms with E-state index in [9.17, 15) is 14.9 Å². The van der Waals surface area contributed by atoms with Crippen LogP contribution in [0.2, 0.25) is 0 Å². The lowest BCUT2D eigenvalue weighted by molar-refractivity contribution is -0.100. The van der Waals surface area contributed by atoms with E-state index < -0.39 is 29.7 Å². The van der Waals surface area contributed by atoms with Crippen molar-refractivity contribution in [2.24, 2.45) is 0 Å². The third kappa shape index (κ3) is 8.34. The Bertz CT molecular complexity index is 1270. The van der Waals surface area contributed by atoms with E-state index in [-0.39, 0.29) is 18.7 Å². The van der Waals surface area contributed by atoms with Gasteiger partial charge in [0.2, 0.25) is 0 Å². The maximum Gasteiger partial charge on any atom is 0.425 e. The number of carbonyl (C=O) groups is 2. The highest BCUT2D eigenvalue weighted by molar-refractivity contribution is 6.09. The number of rotatable bonds is 8. The van der Waals surface area contributed by atoms with Crippen LogP contribution in [0.4, 0.5) is 15.4 Å². The summed E-state index contributed by atoms with van der Waals surface area (Å²) in [6.07, 6.45) is 6.33. The van der Waals surface area contributed by atoms with E-state index in [0.29, 0.717) is 16.8 Å². The van der Waals surface area contributed by atoms with Crippen molar-refractivity contribution in [3.05, 3.63) is 29.9 Å². The number of carbonyl (C=O) groups excluding carboxylic acids is 2. The Morgan fingerprint density at radius 1 is 1.02 bits per heavy atom. The van der Waals surface area contributed by atoms with E-state index in [1.54, 1.807) is 58.6 Å². The van der Waals surface area contributed by atoms with Crippen molar-refractivity contribution in [3.63, 3.8) is 0 Å². The molecule has 0 bridgehead atoms. The summed E-state index contributed by atoms with van der Waals surface area (Å²) < 4.78 is 23.8. The van der Waals surface area contributed by atoms with Gasteiger partial charge in [-0.05, 0) is 72.8 Å². The predicted molar refractivity (Wildman–Crippen MR) is 152 cm³/mol. The highest BCUT2D eigenvalue weighted by atomic mass is 16.7. The number of aromatic nitrogens is 4. The molecule has 1 aliphatic rings. The minimum atomic E-state index is -0.956. The number of allylic oxidation sites excluding steroid dienone is 2. The van der Waals surface area contributed by atoms with Gasteiger partial charge in [-0.1, -0.05) is 0 Å². The maximum atomic E-state index is 13.5. The molecule has 1 aliphatic carbocycles. The lowest BCUT2D eigenvalue weighted by atomic mass is 10.1. The summed E-state index contributed by atoms with van der Waals surface area (Å²) in [7, 11) is 2.97. The maximum absolute atomic E-state index is 13.5. The summed E-state index contributed by atoms with van der Waals surface area (Å²) in [6.45, 7) is 10.2. The van der Waals surface area contributed by atoms with Crippen LogP contribution < -0.4 is 4.90 Å². The van der Waals surface area contributed by atoms with Crippen LogP contribution in [-0.4, -0.2) is 63.6 Å². The first kappa shape index (κ1) is 31.7. The fraction of sp³-hybridized carbons (Fsp3) is 0.586. The standard InChI is InChI=1S/C29H40N6O6/c1-28(2,3)40-26(36)35(27(37)41-29(4,5)6)25-21(15-23(38-7)39-8)24(31-18-32-25)20-16-33-34(17-20)22(13-14-30)19-11-9-10-12-19/h16-18,23H,9-13,15H2,1-8H3. The van der Waals surface area contributed by atoms with Crippen molar-refractivity contribution in [3.8, 4) is 17.3 Å². The average Bonchev–Trinajstić information content (AvgIpc) is 3.57. The van der Waals surface area contributed by atoms with Gasteiger partial charge in [-0.15, -0.1) is 0 Å². The van der Waals surface area contributed by atoms with Crippen LogP contribution in [0.5, 0.6) is 0 Å². The molecule has 2 heterocycles. The Kier molecular flexibility index (Phi) is 10.2. The molecule has 1 saturated carbocycles. The molecule has 2 aromatic heterocycles. The van der Waals surface area contributed by atoms with Crippen LogP contribution in [-0.2, 0) is 25.4 Å². The third-order valence-electron chi connectivity index (χ3n) is 6.18. The minimum absolute atomic E-state index is 0.0308. The Morgan fingerprint density at radius 3 is 2.12 bits per heavy atom. The van der Waals surface area contributed by atoms with Gasteiger partial charge >= 0.3 is 12.2 Å². The van der Waals surface area contributed by atoms with Crippen molar-refractivity contribution >= 4 is 23.7 Å². The number of nitrogens with zero attached hydrogens (tertiary/aromatic N) is 6. The molecule has 12 nitrogen and oxygen atoms in total. The topological polar surface area (TPSA) is 142 Å². The van der Waals surface area contributed by atoms with Gasteiger partial charge in [0.25, 0.3) is 0 Å². The molecule has 2 amide bonds. The number of amides is 2. The van der Waals surface area contributed by atoms with Crippen molar-refractivity contribution in [1.82, 2.24) is 19.7 Å². The molecule has 0 aromatic carbocycles. The van der Waals surface area contributed by atoms with Crippen molar-refractivity contribution < 1.29 is 28.5 Å². The molecule has 12 heteroatoms. The quantitative estimate of drug-likeness (QED) is 0.354. The molecule has 0 N–H and O–H groups in total. The van der Waals surface area contributed by atoms with Gasteiger partial charge in [-0.2, -0.15) is 15.3 Å². The van der Waals surface area contributed by atoms with Gasteiger partial charge in [-0.25, -0.2) is 24.2 Å². The number of nitriles is 1. The zero-order valence-corrected chi connectivity index (χ0v) is 25.2. The summed E-state index contributed by atoms with van der Waals surface area (Å²) in [4.78, 5) is 36.5. The highest BCUT2D eigenvalue weighted by Gasteiger charge is 2.36. The molecule has 0 unspecified atom stereocenters. The summed E-state index contributed by atoms with van der Waals surface area (Å²) >= 11 is 0. The molecule has 2 aromatic rings. The van der Waals surface area contributed by atoms with Crippen molar-refractivity contribution in [1.29, 1.82) is 5.26 Å². The first-order valence-electron chi connectivity index (χ1n) is 13.6. The van der Waals surface area contributed by atoms with E-state index in [1.807, 2.05) is 0 Å². The highest BCUT2D eigenvalue weighted by Crippen LogP contribution is 2.34. The molecular weight excluding hydrogens is 528 g/mol. The molecule has 3 rings (SSSR count). The molecule has 0 spiro atoms. The second-order valence-corrected chi connectivity index (χ2v) is 11.7. The zero-order chi connectivity index (χ0) is 30.4. The molecule has 0 aliphatic heterocycles. The van der Waals surface area contributed by atoms with Crippen LogP contribution in [0.3, 0.4) is 0 Å². The van der Waals surface area contributed by atoms with Gasteiger partial charge in [0, 0.05) is 38.0 Å². The second kappa shape index (κ2) is 13.2. The SMILES string of the molecule is COC(Cc1c(-c2cnn(C(CC#N)=C3CCCC3)c2)ncnc1N(C(=O)OC(C)(C)C)C(=O)OC(C)(C)C)OC. The van der Waals surface area contributed by atoms with E-state index in [2.05, 4.69) is 21.1 Å². The zero-order valence-electron chi connectivity index (χ0n) is 25.2. The van der Waals surface area contributed by atoms with Crippen LogP contribution in [0.1, 0.15) is 79.2 Å². The first-order valence-corrected chi connectivity index (χ1v) is 13.6. The molecule has 41 heavy (non-hydrogen) atoms. The smallest absolute Gasteiger partial charge is 0.425 e. The van der Waals surface area contributed by atoms with E-state index in [4.69, 9.17) is 18.9 Å². The van der Waals surface area contributed by atoms with Gasteiger partial charge < -0.3 is 18.9 Å². The lowest BCUT2D eigenvalue weighted by Gasteiger charge is -2.29. The van der Waals surface area contributed by atoms with Gasteiger partial charge in [0.1, 0.15) is 17.5 Å². The fourth-order valence-electron chi connectivity index (χ4n) is 4.45. The number of hydrogen-bond acceptors (Lipinski definition) is 10. The fourth-order valence-corrected chi connectivity index (χ4v) is 4.45. The molecule has 0 atom stereocenters. The molecule has 0 radical (unpaired) electrons. The molecular formula is C29H40N6O6. The van der Waals surface area contributed by atoms with Crippen molar-refractivity contribution in [2.45, 2.75) is 97.6 Å². The average molecular weight is 569 g/mol. The Balaban J connectivity index is 2.20. The largest absolute Gasteiger partial charge is 0.443 e. The Hall–Kier alpha value is -3.82. The number of imide groups is 1. The van der Waals surface area contributed by atoms with Crippen LogP contribution in [0, 0.1) is 11.3 Å². The van der Waals surface area contributed by atoms with Gasteiger partial charge in [0.05, 0.1) is 30.1 Å². The van der Waals surface area contributed by atoms with Gasteiger partial charge in [-0.3, -0.25) is 0 Å². The Labute approximate surface area is 241 Å². The first-order chi connectivity index (χ1) is 19.3. The normalized spacial score (nSPS) is 13.7. The molecule has 222 valence electrons. The van der Waals surface area contributed by atoms with Crippen LogP contribution in [0.25, 0.3) is 17.0 Å². The number of methoxy groups -OCH3 is 2. The molecule has 1 fully saturated rings. The third-order valence-corrected chi connectivity index (χ3v) is 6.18. The van der Waals surface area contributed by atoms with Crippen LogP contribution >= 0.6 is 0 Å². The summed E-state index contributed by atoms with van der Waals surface area (Å²) in [5.74, 6) is -0.0308. The van der Waals surface area contributed by atoms with Crippen LogP contribution in [0.15, 0.2) is 24.3 Å². The van der Waals surface area contributed by atoms with E-state index in [1.165, 1.54) is 26.1 Å². The summed E-state index contributed by atoms with van der Waals surface area (Å²) in [6, 6.07) is 2.24. The van der Waals surface area contributed by atoms with Crippen molar-refractivity contribution in [2.75, 3.05) is 19.1 Å². The summed E-state index contributed by atoms with van der Waals surface area (Å²) in [5.41, 5.74) is 1.64. The summed E-state index contributed by atoms with van der Waals surface area (Å²) in [5, 5.41) is 14.0. The van der Waals surface area contributed by atoms with E-state index >= 15 is 0 Å². The predicted octanol–water partition coefficient (Wildman–Crippen LogP) is 5.88. The lowest BCUT2D eigenvalue weighted by Crippen LogP contribution is -2.45. The second-order valence-electron chi connectivity index (χ2n) is 11.7. The minimum Gasteiger partial charge on any atom is -0.443 e. The number of hydrogen-bond donors (Lipinski definition) is 0. The molecule has 0 saturated heterocycles. The Morgan fingerprint density at radius 2 is 1.61 bits per heavy atom. The van der Waals surface area contributed by atoms with Gasteiger partial charge in [0.15, 0.2) is 12.1 Å². The number of ether oxygens (including phenoxy) is 4.